The Morgan fingerprint density at radius 3 is 2.21 bits per heavy atom. The van der Waals surface area contributed by atoms with E-state index in [1.165, 1.54) is 27.4 Å². The van der Waals surface area contributed by atoms with Crippen LogP contribution in [0.3, 0.4) is 0 Å². The predicted octanol–water partition coefficient (Wildman–Crippen LogP) is 4.71. The third-order valence-electron chi connectivity index (χ3n) is 3.93. The zero-order valence-corrected chi connectivity index (χ0v) is 16.6. The van der Waals surface area contributed by atoms with Gasteiger partial charge in [0.05, 0.1) is 26.9 Å². The number of nitrogens with one attached hydrogen (secondary N) is 1. The summed E-state index contributed by atoms with van der Waals surface area (Å²) in [5.74, 6) is 0.779. The molecule has 29 heavy (non-hydrogen) atoms. The van der Waals surface area contributed by atoms with Crippen molar-refractivity contribution in [2.24, 2.45) is 0 Å². The summed E-state index contributed by atoms with van der Waals surface area (Å²) in [6, 6.07) is 6.25. The number of ether oxygens (including phenoxy) is 3. The van der Waals surface area contributed by atoms with Crippen molar-refractivity contribution in [3.63, 3.8) is 0 Å². The van der Waals surface area contributed by atoms with Crippen molar-refractivity contribution in [3.05, 3.63) is 58.1 Å². The van der Waals surface area contributed by atoms with Crippen LogP contribution in [0.1, 0.15) is 16.7 Å². The lowest BCUT2D eigenvalue weighted by atomic mass is 10.1. The van der Waals surface area contributed by atoms with Gasteiger partial charge in [0.2, 0.25) is 11.7 Å². The Morgan fingerprint density at radius 1 is 1.07 bits per heavy atom. The summed E-state index contributed by atoms with van der Waals surface area (Å²) in [4.78, 5) is 12.1. The molecule has 2 aromatic carbocycles. The minimum Gasteiger partial charge on any atom is -0.493 e. The van der Waals surface area contributed by atoms with Crippen molar-refractivity contribution in [1.82, 2.24) is 5.32 Å². The monoisotopic (exact) mass is 429 g/mol. The highest BCUT2D eigenvalue weighted by Gasteiger charge is 2.30. The molecular formula is C20H19ClF3NO4. The molecule has 1 amide bonds. The van der Waals surface area contributed by atoms with Gasteiger partial charge in [-0.2, -0.15) is 13.2 Å². The SMILES string of the molecule is COc1cc(CNC(=O)/C=C/c2cc(C(F)(F)F)ccc2Cl)cc(OC)c1OC. The highest BCUT2D eigenvalue weighted by Crippen LogP contribution is 2.38. The van der Waals surface area contributed by atoms with Crippen molar-refractivity contribution in [3.8, 4) is 17.2 Å². The van der Waals surface area contributed by atoms with Gasteiger partial charge in [0.25, 0.3) is 0 Å². The van der Waals surface area contributed by atoms with Crippen LogP contribution < -0.4 is 19.5 Å². The van der Waals surface area contributed by atoms with Crippen molar-refractivity contribution in [2.45, 2.75) is 12.7 Å². The summed E-state index contributed by atoms with van der Waals surface area (Å²) in [6.45, 7) is 0.135. The second kappa shape index (κ2) is 9.56. The van der Waals surface area contributed by atoms with Crippen LogP contribution in [-0.4, -0.2) is 27.2 Å². The number of carbonyl (C=O) groups excluding carboxylic acids is 1. The maximum Gasteiger partial charge on any atom is 0.416 e. The van der Waals surface area contributed by atoms with E-state index in [0.717, 1.165) is 24.3 Å². The number of carbonyl (C=O) groups is 1. The van der Waals surface area contributed by atoms with E-state index in [2.05, 4.69) is 5.32 Å². The molecule has 0 atom stereocenters. The average Bonchev–Trinajstić information content (AvgIpc) is 2.69. The molecule has 0 aliphatic heterocycles. The zero-order valence-electron chi connectivity index (χ0n) is 15.9. The van der Waals surface area contributed by atoms with Gasteiger partial charge >= 0.3 is 6.18 Å². The lowest BCUT2D eigenvalue weighted by Gasteiger charge is -2.14. The van der Waals surface area contributed by atoms with E-state index in [-0.39, 0.29) is 17.1 Å². The molecule has 156 valence electrons. The number of amides is 1. The molecule has 0 spiro atoms. The summed E-state index contributed by atoms with van der Waals surface area (Å²) in [5.41, 5.74) is -0.0813. The third kappa shape index (κ3) is 5.80. The molecule has 0 saturated carbocycles. The Bertz CT molecular complexity index is 888. The second-order valence-corrected chi connectivity index (χ2v) is 6.23. The van der Waals surface area contributed by atoms with Gasteiger partial charge in [0.1, 0.15) is 0 Å². The van der Waals surface area contributed by atoms with Crippen LogP contribution in [0, 0.1) is 0 Å². The molecular weight excluding hydrogens is 411 g/mol. The van der Waals surface area contributed by atoms with Crippen LogP contribution in [0.25, 0.3) is 6.08 Å². The first-order chi connectivity index (χ1) is 13.7. The molecule has 0 aliphatic carbocycles. The zero-order chi connectivity index (χ0) is 21.6. The largest absolute Gasteiger partial charge is 0.493 e. The first kappa shape index (κ1) is 22.4. The molecule has 0 fully saturated rings. The van der Waals surface area contributed by atoms with Crippen LogP contribution >= 0.6 is 11.6 Å². The molecule has 0 aliphatic rings. The van der Waals surface area contributed by atoms with Gasteiger partial charge in [0.15, 0.2) is 11.5 Å². The fourth-order valence-corrected chi connectivity index (χ4v) is 2.68. The van der Waals surface area contributed by atoms with Crippen LogP contribution in [0.5, 0.6) is 17.2 Å². The summed E-state index contributed by atoms with van der Waals surface area (Å²) in [5, 5.41) is 2.73. The molecule has 2 aromatic rings. The molecule has 2 rings (SSSR count). The highest BCUT2D eigenvalue weighted by atomic mass is 35.5. The number of methoxy groups -OCH3 is 3. The van der Waals surface area contributed by atoms with E-state index in [1.54, 1.807) is 12.1 Å². The lowest BCUT2D eigenvalue weighted by Crippen LogP contribution is -2.20. The standard InChI is InChI=1S/C20H19ClF3NO4/c1-27-16-8-12(9-17(28-2)19(16)29-3)11-25-18(26)7-4-13-10-14(20(22,23)24)5-6-15(13)21/h4-10H,11H2,1-3H3,(H,25,26)/b7-4+. The van der Waals surface area contributed by atoms with E-state index in [9.17, 15) is 18.0 Å². The fourth-order valence-electron chi connectivity index (χ4n) is 2.50. The topological polar surface area (TPSA) is 56.8 Å². The molecule has 0 saturated heterocycles. The maximum absolute atomic E-state index is 12.8. The maximum atomic E-state index is 12.8. The average molecular weight is 430 g/mol. The van der Waals surface area contributed by atoms with E-state index in [1.807, 2.05) is 0 Å². The van der Waals surface area contributed by atoms with Gasteiger partial charge in [0, 0.05) is 17.6 Å². The number of alkyl halides is 3. The first-order valence-electron chi connectivity index (χ1n) is 8.31. The first-order valence-corrected chi connectivity index (χ1v) is 8.69. The summed E-state index contributed by atoms with van der Waals surface area (Å²) >= 11 is 5.91. The fraction of sp³-hybridized carbons (Fsp3) is 0.250. The van der Waals surface area contributed by atoms with Gasteiger partial charge < -0.3 is 19.5 Å². The van der Waals surface area contributed by atoms with Gasteiger partial charge in [-0.3, -0.25) is 4.79 Å². The number of halogens is 4. The summed E-state index contributed by atoms with van der Waals surface area (Å²) in [6.07, 6.45) is -2.16. The quantitative estimate of drug-likeness (QED) is 0.647. The third-order valence-corrected chi connectivity index (χ3v) is 4.27. The Labute approximate surface area is 171 Å². The number of hydrogen-bond donors (Lipinski definition) is 1. The Balaban J connectivity index is 2.11. The van der Waals surface area contributed by atoms with E-state index in [0.29, 0.717) is 22.8 Å². The molecule has 1 N–H and O–H groups in total. The second-order valence-electron chi connectivity index (χ2n) is 5.82. The smallest absolute Gasteiger partial charge is 0.416 e. The summed E-state index contributed by atoms with van der Waals surface area (Å²) in [7, 11) is 4.42. The van der Waals surface area contributed by atoms with Crippen LogP contribution in [0.15, 0.2) is 36.4 Å². The predicted molar refractivity (Wildman–Crippen MR) is 103 cm³/mol. The van der Waals surface area contributed by atoms with Crippen LogP contribution in [0.4, 0.5) is 13.2 Å². The minimum atomic E-state index is -4.50. The molecule has 0 radical (unpaired) electrons. The van der Waals surface area contributed by atoms with E-state index >= 15 is 0 Å². The van der Waals surface area contributed by atoms with Gasteiger partial charge in [-0.1, -0.05) is 11.6 Å². The van der Waals surface area contributed by atoms with Crippen molar-refractivity contribution in [2.75, 3.05) is 21.3 Å². The molecule has 9 heteroatoms. The Morgan fingerprint density at radius 2 is 1.69 bits per heavy atom. The van der Waals surface area contributed by atoms with Crippen LogP contribution in [0.2, 0.25) is 5.02 Å². The normalized spacial score (nSPS) is 11.4. The number of benzene rings is 2. The van der Waals surface area contributed by atoms with Crippen molar-refractivity contribution < 1.29 is 32.2 Å². The molecule has 0 aromatic heterocycles. The minimum absolute atomic E-state index is 0.0874. The molecule has 0 unspecified atom stereocenters. The molecule has 0 bridgehead atoms. The van der Waals surface area contributed by atoms with E-state index < -0.39 is 17.6 Å². The molecule has 5 nitrogen and oxygen atoms in total. The number of hydrogen-bond acceptors (Lipinski definition) is 4. The highest BCUT2D eigenvalue weighted by molar-refractivity contribution is 6.32. The Kier molecular flexibility index (Phi) is 7.39. The van der Waals surface area contributed by atoms with Gasteiger partial charge in [-0.15, -0.1) is 0 Å². The summed E-state index contributed by atoms with van der Waals surface area (Å²) < 4.78 is 54.1. The van der Waals surface area contributed by atoms with Crippen molar-refractivity contribution in [1.29, 1.82) is 0 Å². The lowest BCUT2D eigenvalue weighted by molar-refractivity contribution is -0.137. The van der Waals surface area contributed by atoms with Gasteiger partial charge in [-0.25, -0.2) is 0 Å². The number of rotatable bonds is 7. The van der Waals surface area contributed by atoms with Gasteiger partial charge in [-0.05, 0) is 47.5 Å². The molecule has 0 heterocycles. The van der Waals surface area contributed by atoms with Crippen LogP contribution in [-0.2, 0) is 17.5 Å². The van der Waals surface area contributed by atoms with Crippen molar-refractivity contribution >= 4 is 23.6 Å². The Hall–Kier alpha value is -2.87. The van der Waals surface area contributed by atoms with E-state index in [4.69, 9.17) is 25.8 Å².